The predicted molar refractivity (Wildman–Crippen MR) is 177 cm³/mol. The predicted octanol–water partition coefficient (Wildman–Crippen LogP) is 6.91. The molecule has 0 aliphatic carbocycles. The Labute approximate surface area is 295 Å². The smallest absolute Gasteiger partial charge is 0.417 e. The Bertz CT molecular complexity index is 2120. The zero-order valence-electron chi connectivity index (χ0n) is 27.5. The van der Waals surface area contributed by atoms with Crippen LogP contribution in [0.1, 0.15) is 43.7 Å². The van der Waals surface area contributed by atoms with Gasteiger partial charge >= 0.3 is 18.6 Å². The number of anilines is 2. The van der Waals surface area contributed by atoms with Crippen molar-refractivity contribution in [2.45, 2.75) is 63.0 Å². The number of amides is 1. The van der Waals surface area contributed by atoms with Gasteiger partial charge in [0.15, 0.2) is 5.82 Å². The molecule has 4 aromatic rings. The zero-order valence-corrected chi connectivity index (χ0v) is 28.4. The Morgan fingerprint density at radius 2 is 2.00 bits per heavy atom. The van der Waals surface area contributed by atoms with Gasteiger partial charge in [0, 0.05) is 55.0 Å². The van der Waals surface area contributed by atoms with Crippen LogP contribution in [-0.4, -0.2) is 89.2 Å². The van der Waals surface area contributed by atoms with Gasteiger partial charge in [0.05, 0.1) is 21.4 Å². The van der Waals surface area contributed by atoms with Crippen molar-refractivity contribution in [3.05, 3.63) is 41.0 Å². The molecule has 3 aliphatic heterocycles. The molecule has 18 heteroatoms. The SMILES string of the molecule is CCN(c1nc(OCC23CCCN2CC(F)C3)nc2c(F)c(-c3ccc(F)c4sc(N)c(C#N)c34)c(C(F)(F)F)cc12)C1CCN(C(=O)C(F)F)C1. The van der Waals surface area contributed by atoms with Gasteiger partial charge in [0.25, 0.3) is 5.91 Å². The molecule has 3 aliphatic rings. The van der Waals surface area contributed by atoms with E-state index in [9.17, 15) is 27.6 Å². The molecule has 3 unspecified atom stereocenters. The van der Waals surface area contributed by atoms with E-state index in [0.717, 1.165) is 23.5 Å². The maximum Gasteiger partial charge on any atom is 0.417 e. The lowest BCUT2D eigenvalue weighted by molar-refractivity contribution is -0.141. The van der Waals surface area contributed by atoms with Gasteiger partial charge in [0.2, 0.25) is 0 Å². The Morgan fingerprint density at radius 3 is 2.69 bits per heavy atom. The number of hydrogen-bond donors (Lipinski definition) is 1. The molecule has 5 heterocycles. The fourth-order valence-electron chi connectivity index (χ4n) is 8.03. The Hall–Kier alpha value is -4.50. The number of likely N-dealkylation sites (tertiary alicyclic amines) is 1. The second-order valence-corrected chi connectivity index (χ2v) is 14.3. The third kappa shape index (κ3) is 5.91. The van der Waals surface area contributed by atoms with Crippen LogP contribution < -0.4 is 15.4 Å². The minimum atomic E-state index is -5.20. The highest BCUT2D eigenvalue weighted by molar-refractivity contribution is 7.23. The van der Waals surface area contributed by atoms with E-state index < -0.39 is 81.5 Å². The van der Waals surface area contributed by atoms with Crippen molar-refractivity contribution in [2.75, 3.05) is 50.0 Å². The van der Waals surface area contributed by atoms with E-state index in [1.54, 1.807) is 13.0 Å². The summed E-state index contributed by atoms with van der Waals surface area (Å²) in [6.07, 6.45) is -7.86. The Kier molecular flexibility index (Phi) is 9.09. The van der Waals surface area contributed by atoms with Crippen LogP contribution in [0.25, 0.3) is 32.1 Å². The van der Waals surface area contributed by atoms with E-state index in [1.807, 2.05) is 4.90 Å². The number of likely N-dealkylation sites (N-methyl/N-ethyl adjacent to an activating group) is 1. The number of nitrogens with two attached hydrogens (primary N) is 1. The standard InChI is InChI=1S/C34H31F8N7O2S/c1-2-49(17-6-9-47(14-17)31(50)28(38)39)30-19-10-21(34(40,41)42)24(18-4-5-22(36)27-23(18)20(12-43)29(44)52-27)25(37)26(19)45-32(46-30)51-15-33-7-3-8-48(33)13-16(35)11-33/h4-5,10,16-17,28H,2-3,6-9,11,13-15,44H2,1H3. The maximum atomic E-state index is 17.1. The highest BCUT2D eigenvalue weighted by Gasteiger charge is 2.49. The van der Waals surface area contributed by atoms with Gasteiger partial charge < -0.3 is 20.3 Å². The van der Waals surface area contributed by atoms with Gasteiger partial charge in [-0.1, -0.05) is 6.07 Å². The van der Waals surface area contributed by atoms with Crippen molar-refractivity contribution in [3.8, 4) is 23.2 Å². The maximum absolute atomic E-state index is 17.1. The first-order valence-electron chi connectivity index (χ1n) is 16.5. The number of benzene rings is 2. The van der Waals surface area contributed by atoms with Crippen molar-refractivity contribution in [1.82, 2.24) is 19.8 Å². The van der Waals surface area contributed by atoms with Crippen molar-refractivity contribution >= 4 is 49.1 Å². The Balaban J connectivity index is 1.44. The molecule has 7 rings (SSSR count). The van der Waals surface area contributed by atoms with Gasteiger partial charge in [-0.3, -0.25) is 9.69 Å². The number of nitrogens with zero attached hydrogens (tertiary/aromatic N) is 6. The summed E-state index contributed by atoms with van der Waals surface area (Å²) in [5, 5.41) is 8.96. The molecule has 276 valence electrons. The topological polar surface area (TPSA) is 112 Å². The molecule has 0 spiro atoms. The number of fused-ring (bicyclic) bond motifs is 3. The van der Waals surface area contributed by atoms with Crippen LogP contribution >= 0.6 is 11.3 Å². The monoisotopic (exact) mass is 753 g/mol. The highest BCUT2D eigenvalue weighted by atomic mass is 32.1. The van der Waals surface area contributed by atoms with Gasteiger partial charge in [-0.05, 0) is 50.4 Å². The second kappa shape index (κ2) is 13.2. The summed E-state index contributed by atoms with van der Waals surface area (Å²) in [6.45, 7) is 2.16. The van der Waals surface area contributed by atoms with E-state index in [1.165, 1.54) is 4.90 Å². The number of nitrogen functional groups attached to an aromatic ring is 1. The number of aromatic nitrogens is 2. The van der Waals surface area contributed by atoms with E-state index in [4.69, 9.17) is 10.5 Å². The first-order chi connectivity index (χ1) is 24.7. The number of alkyl halides is 6. The number of carbonyl (C=O) groups excluding carboxylic acids is 1. The molecule has 2 aromatic heterocycles. The molecule has 3 atom stereocenters. The number of thiophene rings is 1. The van der Waals surface area contributed by atoms with Crippen LogP contribution in [0.15, 0.2) is 18.2 Å². The normalized spacial score (nSPS) is 22.1. The van der Waals surface area contributed by atoms with Crippen LogP contribution in [0, 0.1) is 23.0 Å². The fraction of sp³-hybridized carbons (Fsp3) is 0.471. The van der Waals surface area contributed by atoms with Crippen LogP contribution in [0.5, 0.6) is 6.01 Å². The summed E-state index contributed by atoms with van der Waals surface area (Å²) < 4.78 is 124. The molecule has 0 saturated carbocycles. The van der Waals surface area contributed by atoms with Crippen molar-refractivity contribution in [3.63, 3.8) is 0 Å². The summed E-state index contributed by atoms with van der Waals surface area (Å²) in [5.74, 6) is -3.94. The summed E-state index contributed by atoms with van der Waals surface area (Å²) in [7, 11) is 0. The lowest BCUT2D eigenvalue weighted by Crippen LogP contribution is -2.43. The molecule has 2 N–H and O–H groups in total. The third-order valence-corrected chi connectivity index (χ3v) is 11.4. The van der Waals surface area contributed by atoms with Crippen LogP contribution in [0.3, 0.4) is 0 Å². The van der Waals surface area contributed by atoms with Crippen LogP contribution in [-0.2, 0) is 11.0 Å². The van der Waals surface area contributed by atoms with Crippen LogP contribution in [0.4, 0.5) is 45.9 Å². The van der Waals surface area contributed by atoms with Crippen molar-refractivity contribution < 1.29 is 44.7 Å². The number of halogens is 8. The molecule has 2 aromatic carbocycles. The molecule has 1 amide bonds. The molecule has 52 heavy (non-hydrogen) atoms. The molecule has 0 radical (unpaired) electrons. The molecular formula is C34H31F8N7O2S. The summed E-state index contributed by atoms with van der Waals surface area (Å²) in [4.78, 5) is 25.2. The third-order valence-electron chi connectivity index (χ3n) is 10.3. The van der Waals surface area contributed by atoms with E-state index in [2.05, 4.69) is 9.97 Å². The second-order valence-electron chi connectivity index (χ2n) is 13.3. The quantitative estimate of drug-likeness (QED) is 0.194. The minimum absolute atomic E-state index is 0.0528. The zero-order chi connectivity index (χ0) is 37.3. The van der Waals surface area contributed by atoms with Gasteiger partial charge in [-0.2, -0.15) is 37.2 Å². The van der Waals surface area contributed by atoms with Gasteiger partial charge in [-0.15, -0.1) is 11.3 Å². The molecule has 9 nitrogen and oxygen atoms in total. The largest absolute Gasteiger partial charge is 0.461 e. The van der Waals surface area contributed by atoms with Gasteiger partial charge in [0.1, 0.15) is 41.0 Å². The van der Waals surface area contributed by atoms with Gasteiger partial charge in [-0.25, -0.2) is 13.2 Å². The first-order valence-corrected chi connectivity index (χ1v) is 17.4. The molecule has 3 saturated heterocycles. The number of nitriles is 1. The summed E-state index contributed by atoms with van der Waals surface area (Å²) >= 11 is 0.636. The number of carbonyl (C=O) groups is 1. The molecular weight excluding hydrogens is 722 g/mol. The molecule has 3 fully saturated rings. The van der Waals surface area contributed by atoms with Crippen LogP contribution in [0.2, 0.25) is 0 Å². The first kappa shape index (κ1) is 35.9. The summed E-state index contributed by atoms with van der Waals surface area (Å²) in [6, 6.07) is 3.11. The Morgan fingerprint density at radius 1 is 1.23 bits per heavy atom. The van der Waals surface area contributed by atoms with E-state index in [-0.39, 0.29) is 72.1 Å². The van der Waals surface area contributed by atoms with Crippen molar-refractivity contribution in [1.29, 1.82) is 5.26 Å². The number of rotatable bonds is 8. The average molecular weight is 754 g/mol. The van der Waals surface area contributed by atoms with Crippen molar-refractivity contribution in [2.24, 2.45) is 0 Å². The summed E-state index contributed by atoms with van der Waals surface area (Å²) in [5.41, 5.74) is 1.38. The lowest BCUT2D eigenvalue weighted by Gasteiger charge is -2.32. The molecule has 0 bridgehead atoms. The number of ether oxygens (including phenoxy) is 1. The number of hydrogen-bond acceptors (Lipinski definition) is 9. The average Bonchev–Trinajstić information content (AvgIpc) is 3.86. The minimum Gasteiger partial charge on any atom is -0.461 e. The van der Waals surface area contributed by atoms with E-state index in [0.29, 0.717) is 30.4 Å². The highest BCUT2D eigenvalue weighted by Crippen LogP contribution is 2.48. The lowest BCUT2D eigenvalue weighted by atomic mass is 9.92. The van der Waals surface area contributed by atoms with E-state index >= 15 is 17.6 Å². The fourth-order valence-corrected chi connectivity index (χ4v) is 8.98.